The van der Waals surface area contributed by atoms with Crippen LogP contribution in [-0.4, -0.2) is 49.4 Å². The molecule has 0 amide bonds. The minimum absolute atomic E-state index is 0.0231. The van der Waals surface area contributed by atoms with E-state index in [1.54, 1.807) is 7.11 Å². The molecular weight excluding hydrogens is 490 g/mol. The van der Waals surface area contributed by atoms with E-state index < -0.39 is 0 Å². The summed E-state index contributed by atoms with van der Waals surface area (Å²) in [5.74, 6) is 5.12. The molecule has 3 fully saturated rings. The molecule has 1 aromatic rings. The summed E-state index contributed by atoms with van der Waals surface area (Å²) in [4.78, 5) is 16.5. The molecule has 7 rings (SSSR count). The fraction of sp³-hybridized carbons (Fsp3) is 0.727. The number of carbonyl (C=O) groups is 1. The van der Waals surface area contributed by atoms with Crippen molar-refractivity contribution in [2.24, 2.45) is 34.5 Å². The molecule has 4 aliphatic carbocycles. The molecule has 0 saturated heterocycles. The van der Waals surface area contributed by atoms with Gasteiger partial charge in [0.25, 0.3) is 0 Å². The molecule has 6 heteroatoms. The number of benzene rings is 1. The molecular formula is C33H45NO5. The van der Waals surface area contributed by atoms with Crippen molar-refractivity contribution in [3.63, 3.8) is 0 Å². The topological polar surface area (TPSA) is 68.2 Å². The number of hydrogen-bond donors (Lipinski definition) is 1. The van der Waals surface area contributed by atoms with Crippen LogP contribution in [-0.2, 0) is 11.2 Å². The standard InChI is InChI=1S/C33H45NO5/c1-32-12-9-21(35)16-20(32)5-6-22-23-7-8-25(33(23,2)13-10-24(22)32)27(36)17-26-29-19(11-14-34(26)3)15-28-30(31(29)37-4)39-18-38-28/h8,15,20-24,26,35H,5-7,9-14,16-18H2,1-4H3/t20-,21+,22-,23-,24-,26+,32-,33-/m0/s1. The summed E-state index contributed by atoms with van der Waals surface area (Å²) in [5, 5.41) is 10.4. The number of fused-ring (bicyclic) bond motifs is 7. The number of nitrogens with zero attached hydrogens (tertiary/aromatic N) is 1. The van der Waals surface area contributed by atoms with Gasteiger partial charge in [-0.3, -0.25) is 9.69 Å². The zero-order valence-electron chi connectivity index (χ0n) is 24.1. The van der Waals surface area contributed by atoms with Crippen molar-refractivity contribution in [3.05, 3.63) is 28.8 Å². The molecule has 1 aromatic carbocycles. The Morgan fingerprint density at radius 3 is 2.82 bits per heavy atom. The lowest BCUT2D eigenvalue weighted by molar-refractivity contribution is -0.126. The summed E-state index contributed by atoms with van der Waals surface area (Å²) in [6.45, 7) is 6.06. The van der Waals surface area contributed by atoms with E-state index in [1.165, 1.54) is 24.8 Å². The molecule has 39 heavy (non-hydrogen) atoms. The molecule has 0 unspecified atom stereocenters. The van der Waals surface area contributed by atoms with E-state index in [9.17, 15) is 9.90 Å². The number of aliphatic hydroxyl groups is 1. The van der Waals surface area contributed by atoms with Gasteiger partial charge in [0.2, 0.25) is 12.5 Å². The van der Waals surface area contributed by atoms with Gasteiger partial charge in [-0.15, -0.1) is 0 Å². The first-order valence-corrected chi connectivity index (χ1v) is 15.4. The Balaban J connectivity index is 1.14. The molecule has 6 nitrogen and oxygen atoms in total. The number of likely N-dealkylation sites (N-methyl/N-ethyl adjacent to an activating group) is 1. The quantitative estimate of drug-likeness (QED) is 0.522. The van der Waals surface area contributed by atoms with Crippen LogP contribution in [0.5, 0.6) is 17.2 Å². The van der Waals surface area contributed by atoms with E-state index in [0.717, 1.165) is 73.6 Å². The van der Waals surface area contributed by atoms with Gasteiger partial charge in [-0.1, -0.05) is 19.9 Å². The maximum Gasteiger partial charge on any atom is 0.231 e. The Kier molecular flexibility index (Phi) is 6.13. The lowest BCUT2D eigenvalue weighted by atomic mass is 9.44. The third kappa shape index (κ3) is 3.76. The summed E-state index contributed by atoms with van der Waals surface area (Å²) in [5.41, 5.74) is 3.73. The lowest BCUT2D eigenvalue weighted by Gasteiger charge is -2.60. The highest BCUT2D eigenvalue weighted by atomic mass is 16.7. The second-order valence-electron chi connectivity index (χ2n) is 14.0. The second kappa shape index (κ2) is 9.24. The van der Waals surface area contributed by atoms with Crippen LogP contribution >= 0.6 is 0 Å². The maximum atomic E-state index is 14.2. The number of carbonyl (C=O) groups excluding carboxylic acids is 1. The molecule has 6 aliphatic rings. The number of hydrogen-bond acceptors (Lipinski definition) is 6. The van der Waals surface area contributed by atoms with Crippen molar-refractivity contribution in [1.29, 1.82) is 0 Å². The van der Waals surface area contributed by atoms with Gasteiger partial charge < -0.3 is 19.3 Å². The first-order valence-electron chi connectivity index (χ1n) is 15.4. The highest BCUT2D eigenvalue weighted by molar-refractivity contribution is 5.97. The van der Waals surface area contributed by atoms with Gasteiger partial charge in [-0.25, -0.2) is 0 Å². The molecule has 0 radical (unpaired) electrons. The first-order chi connectivity index (χ1) is 18.7. The SMILES string of the molecule is COc1c2c(cc3c1[C@@H](CC(=O)C1=CC[C@H]4[C@@H]5CC[C@H]6C[C@H](O)CC[C@]6(C)[C@H]5CC[C@]14C)N(C)CC3)OCO2. The summed E-state index contributed by atoms with van der Waals surface area (Å²) < 4.78 is 17.4. The van der Waals surface area contributed by atoms with Crippen molar-refractivity contribution in [3.8, 4) is 17.2 Å². The predicted octanol–water partition coefficient (Wildman–Crippen LogP) is 5.85. The molecule has 0 aromatic heterocycles. The normalized spacial score (nSPS) is 40.7. The van der Waals surface area contributed by atoms with Gasteiger partial charge in [0.1, 0.15) is 0 Å². The number of allylic oxidation sites excluding steroid dienone is 2. The predicted molar refractivity (Wildman–Crippen MR) is 149 cm³/mol. The van der Waals surface area contributed by atoms with E-state index in [4.69, 9.17) is 14.2 Å². The molecule has 212 valence electrons. The largest absolute Gasteiger partial charge is 0.492 e. The summed E-state index contributed by atoms with van der Waals surface area (Å²) >= 11 is 0. The van der Waals surface area contributed by atoms with E-state index in [1.807, 2.05) is 0 Å². The zero-order valence-corrected chi connectivity index (χ0v) is 24.1. The van der Waals surface area contributed by atoms with Crippen LogP contribution < -0.4 is 14.2 Å². The summed E-state index contributed by atoms with van der Waals surface area (Å²) in [7, 11) is 3.82. The van der Waals surface area contributed by atoms with Gasteiger partial charge in [0, 0.05) is 24.6 Å². The van der Waals surface area contributed by atoms with Gasteiger partial charge >= 0.3 is 0 Å². The van der Waals surface area contributed by atoms with E-state index in [0.29, 0.717) is 41.1 Å². The van der Waals surface area contributed by atoms with Crippen LogP contribution in [0.2, 0.25) is 0 Å². The Morgan fingerprint density at radius 1 is 1.15 bits per heavy atom. The molecule has 0 spiro atoms. The van der Waals surface area contributed by atoms with Crippen molar-refractivity contribution in [2.45, 2.75) is 90.2 Å². The van der Waals surface area contributed by atoms with Crippen LogP contribution in [0.25, 0.3) is 0 Å². The molecule has 2 aliphatic heterocycles. The highest BCUT2D eigenvalue weighted by Gasteiger charge is 2.59. The van der Waals surface area contributed by atoms with Gasteiger partial charge in [0.05, 0.1) is 13.2 Å². The second-order valence-corrected chi connectivity index (χ2v) is 14.0. The monoisotopic (exact) mass is 535 g/mol. The van der Waals surface area contributed by atoms with E-state index in [2.05, 4.69) is 37.9 Å². The zero-order chi connectivity index (χ0) is 27.1. The Labute approximate surface area is 233 Å². The van der Waals surface area contributed by atoms with E-state index >= 15 is 0 Å². The maximum absolute atomic E-state index is 14.2. The van der Waals surface area contributed by atoms with Crippen LogP contribution in [0.4, 0.5) is 0 Å². The Hall–Kier alpha value is -2.05. The van der Waals surface area contributed by atoms with Crippen molar-refractivity contribution < 1.29 is 24.1 Å². The summed E-state index contributed by atoms with van der Waals surface area (Å²) in [6.07, 6.45) is 12.6. The van der Waals surface area contributed by atoms with Crippen LogP contribution in [0.15, 0.2) is 17.7 Å². The van der Waals surface area contributed by atoms with Crippen LogP contribution in [0.3, 0.4) is 0 Å². The Morgan fingerprint density at radius 2 is 2.00 bits per heavy atom. The lowest BCUT2D eigenvalue weighted by Crippen LogP contribution is -2.53. The van der Waals surface area contributed by atoms with Crippen molar-refractivity contribution in [1.82, 2.24) is 4.90 Å². The fourth-order valence-corrected chi connectivity index (χ4v) is 10.3. The molecule has 0 bridgehead atoms. The molecule has 2 heterocycles. The number of rotatable bonds is 4. The minimum Gasteiger partial charge on any atom is -0.492 e. The van der Waals surface area contributed by atoms with E-state index in [-0.39, 0.29) is 24.4 Å². The number of ketones is 1. The van der Waals surface area contributed by atoms with Crippen molar-refractivity contribution in [2.75, 3.05) is 27.5 Å². The van der Waals surface area contributed by atoms with Gasteiger partial charge in [0.15, 0.2) is 17.3 Å². The highest BCUT2D eigenvalue weighted by Crippen LogP contribution is 2.66. The van der Waals surface area contributed by atoms with Gasteiger partial charge in [-0.05, 0) is 117 Å². The first kappa shape index (κ1) is 25.9. The minimum atomic E-state index is -0.104. The number of ether oxygens (including phenoxy) is 3. The number of methoxy groups -OCH3 is 1. The van der Waals surface area contributed by atoms with Gasteiger partial charge in [-0.2, -0.15) is 0 Å². The van der Waals surface area contributed by atoms with Crippen molar-refractivity contribution >= 4 is 5.78 Å². The summed E-state index contributed by atoms with van der Waals surface area (Å²) in [6, 6.07) is 2.06. The average Bonchev–Trinajstić information content (AvgIpc) is 3.53. The van der Waals surface area contributed by atoms with Crippen LogP contribution in [0.1, 0.15) is 88.8 Å². The molecule has 1 N–H and O–H groups in total. The smallest absolute Gasteiger partial charge is 0.231 e. The average molecular weight is 536 g/mol. The fourth-order valence-electron chi connectivity index (χ4n) is 10.3. The third-order valence-electron chi connectivity index (χ3n) is 12.4. The molecule has 8 atom stereocenters. The number of Topliss-reactive ketones (excluding diaryl/α,β-unsaturated/α-hetero) is 1. The number of aliphatic hydroxyl groups excluding tert-OH is 1. The Bertz CT molecular complexity index is 1210. The third-order valence-corrected chi connectivity index (χ3v) is 12.4. The molecule has 3 saturated carbocycles. The van der Waals surface area contributed by atoms with Crippen LogP contribution in [0, 0.1) is 34.5 Å².